The molecule has 0 amide bonds. The molecule has 0 aliphatic carbocycles. The molecule has 2 nitrogen and oxygen atoms in total. The maximum Gasteiger partial charge on any atom is 0.248 e. The highest BCUT2D eigenvalue weighted by molar-refractivity contribution is 5.90. The minimum atomic E-state index is 0. The van der Waals surface area contributed by atoms with Crippen molar-refractivity contribution in [2.24, 2.45) is 0 Å². The lowest BCUT2D eigenvalue weighted by atomic mass is 10.2. The van der Waals surface area contributed by atoms with Crippen LogP contribution in [0.15, 0.2) is 54.7 Å². The molecule has 1 heterocycles. The Morgan fingerprint density at radius 3 is 2.35 bits per heavy atom. The molecule has 0 unspecified atom stereocenters. The van der Waals surface area contributed by atoms with Gasteiger partial charge in [-0.05, 0) is 6.07 Å². The summed E-state index contributed by atoms with van der Waals surface area (Å²) < 4.78 is 1.97. The molecular formula is C14H14ClNO. The fourth-order valence-corrected chi connectivity index (χ4v) is 1.71. The van der Waals surface area contributed by atoms with Crippen molar-refractivity contribution in [2.45, 2.75) is 13.5 Å². The second-order valence-corrected chi connectivity index (χ2v) is 3.76. The van der Waals surface area contributed by atoms with Crippen molar-refractivity contribution < 1.29 is 21.8 Å². The van der Waals surface area contributed by atoms with Gasteiger partial charge in [-0.25, -0.2) is 0 Å². The molecule has 0 saturated heterocycles. The molecular weight excluding hydrogens is 234 g/mol. The van der Waals surface area contributed by atoms with E-state index in [1.165, 1.54) is 5.56 Å². The lowest BCUT2D eigenvalue weighted by molar-refractivity contribution is -0.690. The predicted octanol–water partition coefficient (Wildman–Crippen LogP) is -0.771. The molecule has 0 aliphatic heterocycles. The Bertz CT molecular complexity index is 497. The number of ketones is 1. The van der Waals surface area contributed by atoms with Crippen molar-refractivity contribution in [3.05, 3.63) is 66.0 Å². The maximum absolute atomic E-state index is 11.4. The van der Waals surface area contributed by atoms with Crippen LogP contribution in [0, 0.1) is 0 Å². The van der Waals surface area contributed by atoms with E-state index in [-0.39, 0.29) is 18.2 Å². The van der Waals surface area contributed by atoms with Crippen LogP contribution in [0.25, 0.3) is 0 Å². The Labute approximate surface area is 107 Å². The van der Waals surface area contributed by atoms with Crippen LogP contribution in [0.3, 0.4) is 0 Å². The lowest BCUT2D eigenvalue weighted by Gasteiger charge is -2.00. The van der Waals surface area contributed by atoms with E-state index < -0.39 is 0 Å². The zero-order chi connectivity index (χ0) is 11.4. The number of carbonyl (C=O) groups excluding carboxylic acids is 1. The number of benzene rings is 1. The molecule has 2 rings (SSSR count). The Balaban J connectivity index is 0.00000144. The standard InChI is InChI=1S/C14H14NO.ClH/c1-12(16)14-9-5-6-10-15(14)11-13-7-3-2-4-8-13;/h2-10H,11H2,1H3;1H/q+1;/p-1. The van der Waals surface area contributed by atoms with Crippen LogP contribution >= 0.6 is 0 Å². The molecule has 3 heteroatoms. The Morgan fingerprint density at radius 1 is 1.06 bits per heavy atom. The number of hydrogen-bond donors (Lipinski definition) is 0. The number of nitrogens with zero attached hydrogens (tertiary/aromatic N) is 1. The SMILES string of the molecule is CC(=O)c1cccc[n+]1Cc1ccccc1.[Cl-]. The van der Waals surface area contributed by atoms with Gasteiger partial charge in [-0.3, -0.25) is 4.79 Å². The topological polar surface area (TPSA) is 20.9 Å². The summed E-state index contributed by atoms with van der Waals surface area (Å²) in [5, 5.41) is 0. The molecule has 0 N–H and O–H groups in total. The Hall–Kier alpha value is -1.67. The van der Waals surface area contributed by atoms with E-state index in [0.717, 1.165) is 12.2 Å². The third kappa shape index (κ3) is 3.40. The van der Waals surface area contributed by atoms with Gasteiger partial charge in [-0.15, -0.1) is 0 Å². The molecule has 2 aromatic rings. The van der Waals surface area contributed by atoms with Crippen LogP contribution in [0.1, 0.15) is 23.0 Å². The summed E-state index contributed by atoms with van der Waals surface area (Å²) in [6.07, 6.45) is 1.93. The first-order valence-corrected chi connectivity index (χ1v) is 5.31. The van der Waals surface area contributed by atoms with E-state index in [4.69, 9.17) is 0 Å². The first kappa shape index (κ1) is 13.4. The van der Waals surface area contributed by atoms with Crippen LogP contribution in [-0.2, 0) is 6.54 Å². The second-order valence-electron chi connectivity index (χ2n) is 3.76. The minimum absolute atomic E-state index is 0. The van der Waals surface area contributed by atoms with Gasteiger partial charge in [0, 0.05) is 24.6 Å². The van der Waals surface area contributed by atoms with Crippen LogP contribution < -0.4 is 17.0 Å². The molecule has 0 spiro atoms. The predicted molar refractivity (Wildman–Crippen MR) is 62.2 cm³/mol. The van der Waals surface area contributed by atoms with E-state index in [2.05, 4.69) is 12.1 Å². The van der Waals surface area contributed by atoms with Crippen molar-refractivity contribution >= 4 is 5.78 Å². The van der Waals surface area contributed by atoms with Gasteiger partial charge in [0.15, 0.2) is 12.7 Å². The van der Waals surface area contributed by atoms with Gasteiger partial charge in [0.2, 0.25) is 11.5 Å². The third-order valence-corrected chi connectivity index (χ3v) is 2.50. The summed E-state index contributed by atoms with van der Waals surface area (Å²) in [4.78, 5) is 11.4. The number of aromatic nitrogens is 1. The fourth-order valence-electron chi connectivity index (χ4n) is 1.71. The normalized spacial score (nSPS) is 9.47. The van der Waals surface area contributed by atoms with Gasteiger partial charge in [-0.2, -0.15) is 4.57 Å². The van der Waals surface area contributed by atoms with Crippen molar-refractivity contribution in [3.63, 3.8) is 0 Å². The molecule has 17 heavy (non-hydrogen) atoms. The average Bonchev–Trinajstić information content (AvgIpc) is 2.31. The molecule has 0 radical (unpaired) electrons. The summed E-state index contributed by atoms with van der Waals surface area (Å²) in [7, 11) is 0. The summed E-state index contributed by atoms with van der Waals surface area (Å²) in [6.45, 7) is 2.33. The highest BCUT2D eigenvalue weighted by Crippen LogP contribution is 2.00. The Kier molecular flexibility index (Phi) is 4.85. The van der Waals surface area contributed by atoms with Gasteiger partial charge < -0.3 is 12.4 Å². The summed E-state index contributed by atoms with van der Waals surface area (Å²) in [5.74, 6) is 0.0940. The highest BCUT2D eigenvalue weighted by Gasteiger charge is 2.13. The van der Waals surface area contributed by atoms with Crippen LogP contribution in [0.5, 0.6) is 0 Å². The van der Waals surface area contributed by atoms with Crippen LogP contribution in [-0.4, -0.2) is 5.78 Å². The summed E-state index contributed by atoms with van der Waals surface area (Å²) in [6, 6.07) is 15.8. The van der Waals surface area contributed by atoms with Crippen LogP contribution in [0.4, 0.5) is 0 Å². The van der Waals surface area contributed by atoms with Crippen molar-refractivity contribution in [3.8, 4) is 0 Å². The first-order valence-electron chi connectivity index (χ1n) is 5.31. The summed E-state index contributed by atoms with van der Waals surface area (Å²) in [5.41, 5.74) is 1.94. The number of hydrogen-bond acceptors (Lipinski definition) is 1. The van der Waals surface area contributed by atoms with E-state index >= 15 is 0 Å². The molecule has 0 fully saturated rings. The summed E-state index contributed by atoms with van der Waals surface area (Å²) >= 11 is 0. The number of halogens is 1. The molecule has 1 aromatic heterocycles. The lowest BCUT2D eigenvalue weighted by Crippen LogP contribution is -3.00. The Morgan fingerprint density at radius 2 is 1.71 bits per heavy atom. The van der Waals surface area contributed by atoms with Crippen LogP contribution in [0.2, 0.25) is 0 Å². The van der Waals surface area contributed by atoms with Gasteiger partial charge in [0.05, 0.1) is 0 Å². The molecule has 0 bridgehead atoms. The van der Waals surface area contributed by atoms with E-state index in [0.29, 0.717) is 0 Å². The van der Waals surface area contributed by atoms with Crippen molar-refractivity contribution in [2.75, 3.05) is 0 Å². The number of Topliss-reactive ketones (excluding diaryl/α,β-unsaturated/α-hetero) is 1. The highest BCUT2D eigenvalue weighted by atomic mass is 35.5. The van der Waals surface area contributed by atoms with E-state index in [1.54, 1.807) is 6.92 Å². The molecule has 88 valence electrons. The van der Waals surface area contributed by atoms with Crippen molar-refractivity contribution in [1.29, 1.82) is 0 Å². The molecule has 0 aliphatic rings. The third-order valence-electron chi connectivity index (χ3n) is 2.50. The monoisotopic (exact) mass is 247 g/mol. The molecule has 0 atom stereocenters. The van der Waals surface area contributed by atoms with Gasteiger partial charge in [0.25, 0.3) is 0 Å². The average molecular weight is 248 g/mol. The van der Waals surface area contributed by atoms with E-state index in [1.807, 2.05) is 47.2 Å². The zero-order valence-electron chi connectivity index (χ0n) is 9.64. The smallest absolute Gasteiger partial charge is 0.248 e. The molecule has 0 saturated carbocycles. The number of rotatable bonds is 3. The van der Waals surface area contributed by atoms with Gasteiger partial charge in [-0.1, -0.05) is 30.3 Å². The second kappa shape index (κ2) is 6.16. The zero-order valence-corrected chi connectivity index (χ0v) is 10.4. The fraction of sp³-hybridized carbons (Fsp3) is 0.143. The minimum Gasteiger partial charge on any atom is -1.00 e. The largest absolute Gasteiger partial charge is 1.00 e. The quantitative estimate of drug-likeness (QED) is 0.516. The maximum atomic E-state index is 11.4. The number of pyridine rings is 1. The number of carbonyl (C=O) groups is 1. The van der Waals surface area contributed by atoms with Gasteiger partial charge in [0.1, 0.15) is 0 Å². The van der Waals surface area contributed by atoms with E-state index in [9.17, 15) is 4.79 Å². The van der Waals surface area contributed by atoms with Gasteiger partial charge >= 0.3 is 0 Å². The molecule has 1 aromatic carbocycles. The first-order chi connectivity index (χ1) is 7.77. The van der Waals surface area contributed by atoms with Crippen molar-refractivity contribution in [1.82, 2.24) is 0 Å².